The number of thiazole rings is 1. The standard InChI is InChI=1S/C19H16N5O2S.CH4O4S/c1-22-12-16(24(25)26)27-19(22)21-20-17-14-10-6-7-11-15(14)23(2)18(17)13-8-4-3-5-9-13;1-5-6(2,3)4/h3-12H,1-2H3;1H3,(H,2,3,4)/q+1;/p-1. The van der Waals surface area contributed by atoms with E-state index in [-0.39, 0.29) is 5.00 Å². The van der Waals surface area contributed by atoms with Crippen LogP contribution < -0.4 is 4.57 Å². The molecule has 172 valence electrons. The number of benzene rings is 2. The summed E-state index contributed by atoms with van der Waals surface area (Å²) in [5, 5.41) is 21.3. The van der Waals surface area contributed by atoms with Crippen LogP contribution in [0.5, 0.6) is 0 Å². The average molecular weight is 490 g/mol. The van der Waals surface area contributed by atoms with E-state index in [9.17, 15) is 23.1 Å². The molecule has 0 saturated carbocycles. The van der Waals surface area contributed by atoms with Crippen molar-refractivity contribution in [2.75, 3.05) is 7.11 Å². The van der Waals surface area contributed by atoms with E-state index in [0.717, 1.165) is 46.3 Å². The molecule has 0 aliphatic carbocycles. The zero-order chi connectivity index (χ0) is 24.2. The summed E-state index contributed by atoms with van der Waals surface area (Å²) in [6, 6.07) is 18.0. The predicted octanol–water partition coefficient (Wildman–Crippen LogP) is 4.15. The van der Waals surface area contributed by atoms with E-state index >= 15 is 0 Å². The van der Waals surface area contributed by atoms with Crippen molar-refractivity contribution in [2.24, 2.45) is 24.3 Å². The van der Waals surface area contributed by atoms with Crippen LogP contribution >= 0.6 is 11.3 Å². The Morgan fingerprint density at radius 1 is 1.09 bits per heavy atom. The van der Waals surface area contributed by atoms with E-state index in [4.69, 9.17) is 0 Å². The molecule has 0 atom stereocenters. The van der Waals surface area contributed by atoms with E-state index in [2.05, 4.69) is 19.0 Å². The Morgan fingerprint density at radius 3 is 2.27 bits per heavy atom. The van der Waals surface area contributed by atoms with Crippen LogP contribution in [0, 0.1) is 10.1 Å². The quantitative estimate of drug-likeness (QED) is 0.103. The maximum atomic E-state index is 11.0. The Morgan fingerprint density at radius 2 is 1.70 bits per heavy atom. The van der Waals surface area contributed by atoms with Gasteiger partial charge in [-0.3, -0.25) is 14.3 Å². The molecule has 2 heterocycles. The number of aryl methyl sites for hydroxylation is 2. The average Bonchev–Trinajstić information content (AvgIpc) is 3.30. The van der Waals surface area contributed by atoms with Crippen molar-refractivity contribution < 1.29 is 26.6 Å². The minimum absolute atomic E-state index is 0.0349. The number of nitro groups is 1. The molecule has 0 fully saturated rings. The second-order valence-electron chi connectivity index (χ2n) is 6.63. The smallest absolute Gasteiger partial charge is 0.414 e. The van der Waals surface area contributed by atoms with Gasteiger partial charge >= 0.3 is 10.1 Å². The summed E-state index contributed by atoms with van der Waals surface area (Å²) in [7, 11) is 0.117. The maximum absolute atomic E-state index is 11.0. The number of aromatic nitrogens is 2. The molecule has 2 aromatic heterocycles. The number of rotatable bonds is 5. The van der Waals surface area contributed by atoms with Crippen LogP contribution in [0.3, 0.4) is 0 Å². The summed E-state index contributed by atoms with van der Waals surface area (Å²) in [4.78, 5) is 10.6. The van der Waals surface area contributed by atoms with Gasteiger partial charge in [-0.1, -0.05) is 48.5 Å². The summed E-state index contributed by atoms with van der Waals surface area (Å²) in [6.07, 6.45) is 1.44. The number of azo groups is 1. The molecule has 0 bridgehead atoms. The van der Waals surface area contributed by atoms with E-state index in [1.54, 1.807) is 11.6 Å². The lowest BCUT2D eigenvalue weighted by molar-refractivity contribution is -0.656. The fourth-order valence-corrected chi connectivity index (χ4v) is 3.83. The molecule has 0 aliphatic rings. The minimum atomic E-state index is -4.41. The summed E-state index contributed by atoms with van der Waals surface area (Å²) in [5.74, 6) is 0. The first-order valence-corrected chi connectivity index (χ1v) is 11.5. The molecule has 0 saturated heterocycles. The number of para-hydroxylation sites is 1. The molecular weight excluding hydrogens is 470 g/mol. The molecule has 0 spiro atoms. The van der Waals surface area contributed by atoms with Crippen LogP contribution in [0.4, 0.5) is 15.8 Å². The van der Waals surface area contributed by atoms with Gasteiger partial charge in [0.25, 0.3) is 0 Å². The third-order valence-corrected chi connectivity index (χ3v) is 5.97. The molecule has 0 unspecified atom stereocenters. The third kappa shape index (κ3) is 5.64. The first kappa shape index (κ1) is 24.1. The number of nitrogens with zero attached hydrogens (tertiary/aromatic N) is 5. The summed E-state index contributed by atoms with van der Waals surface area (Å²) >= 11 is 0.997. The molecule has 0 aliphatic heterocycles. The molecular formula is C20H19N5O6S2. The van der Waals surface area contributed by atoms with Crippen molar-refractivity contribution >= 4 is 48.5 Å². The lowest BCUT2D eigenvalue weighted by Crippen LogP contribution is -2.23. The van der Waals surface area contributed by atoms with E-state index in [0.29, 0.717) is 5.13 Å². The van der Waals surface area contributed by atoms with Crippen molar-refractivity contribution in [1.29, 1.82) is 0 Å². The monoisotopic (exact) mass is 489 g/mol. The van der Waals surface area contributed by atoms with Crippen molar-refractivity contribution in [3.05, 3.63) is 70.9 Å². The molecule has 0 radical (unpaired) electrons. The summed E-state index contributed by atoms with van der Waals surface area (Å²) < 4.78 is 34.7. The summed E-state index contributed by atoms with van der Waals surface area (Å²) in [5.41, 5.74) is 3.78. The van der Waals surface area contributed by atoms with Crippen molar-refractivity contribution in [3.8, 4) is 11.3 Å². The Balaban J connectivity index is 0.000000454. The number of fused-ring (bicyclic) bond motifs is 1. The highest BCUT2D eigenvalue weighted by atomic mass is 32.3. The Bertz CT molecular complexity index is 1430. The maximum Gasteiger partial charge on any atom is 0.414 e. The Kier molecular flexibility index (Phi) is 7.28. The van der Waals surface area contributed by atoms with Gasteiger partial charge in [-0.05, 0) is 11.2 Å². The first-order chi connectivity index (χ1) is 15.6. The molecule has 13 heteroatoms. The van der Waals surface area contributed by atoms with Gasteiger partial charge < -0.3 is 9.12 Å². The van der Waals surface area contributed by atoms with E-state index in [1.807, 2.05) is 61.6 Å². The van der Waals surface area contributed by atoms with Gasteiger partial charge in [-0.2, -0.15) is 0 Å². The highest BCUT2D eigenvalue weighted by molar-refractivity contribution is 7.80. The van der Waals surface area contributed by atoms with Crippen LogP contribution in [-0.4, -0.2) is 29.6 Å². The molecule has 11 nitrogen and oxygen atoms in total. The van der Waals surface area contributed by atoms with Gasteiger partial charge in [0.1, 0.15) is 5.69 Å². The molecule has 0 amide bonds. The third-order valence-electron chi connectivity index (χ3n) is 4.55. The molecule has 4 aromatic rings. The highest BCUT2D eigenvalue weighted by Gasteiger charge is 2.23. The van der Waals surface area contributed by atoms with Crippen molar-refractivity contribution in [2.45, 2.75) is 0 Å². The van der Waals surface area contributed by atoms with Gasteiger partial charge in [-0.25, -0.2) is 13.0 Å². The van der Waals surface area contributed by atoms with Gasteiger partial charge in [0.2, 0.25) is 10.4 Å². The van der Waals surface area contributed by atoms with Crippen molar-refractivity contribution in [3.63, 3.8) is 0 Å². The SMILES string of the molecule is COS(=O)(=O)[O-].Cn1c(-c2ccccc2)c(N=Nc2sc([N+](=O)[O-])c[n+]2C)c2ccccc21. The van der Waals surface area contributed by atoms with Crippen LogP contribution in [0.15, 0.2) is 71.0 Å². The molecule has 33 heavy (non-hydrogen) atoms. The number of hydrogen-bond acceptors (Lipinski definition) is 9. The van der Waals surface area contributed by atoms with Crippen LogP contribution in [-0.2, 0) is 28.7 Å². The van der Waals surface area contributed by atoms with E-state index in [1.165, 1.54) is 6.20 Å². The topological polar surface area (TPSA) is 143 Å². The molecule has 4 rings (SSSR count). The van der Waals surface area contributed by atoms with Gasteiger partial charge in [-0.15, -0.1) is 0 Å². The molecule has 2 aromatic carbocycles. The zero-order valence-corrected chi connectivity index (χ0v) is 19.4. The lowest BCUT2D eigenvalue weighted by Gasteiger charge is -2.04. The zero-order valence-electron chi connectivity index (χ0n) is 17.8. The van der Waals surface area contributed by atoms with Gasteiger partial charge in [0.15, 0.2) is 6.20 Å². The largest absolute Gasteiger partial charge is 0.726 e. The minimum Gasteiger partial charge on any atom is -0.726 e. The fourth-order valence-electron chi connectivity index (χ4n) is 3.08. The Labute approximate surface area is 193 Å². The van der Waals surface area contributed by atoms with Crippen LogP contribution in [0.1, 0.15) is 0 Å². The second-order valence-corrected chi connectivity index (χ2v) is 8.77. The molecule has 0 N–H and O–H groups in total. The van der Waals surface area contributed by atoms with Gasteiger partial charge in [0, 0.05) is 29.3 Å². The second kappa shape index (κ2) is 9.95. The first-order valence-electron chi connectivity index (χ1n) is 9.32. The Hall–Kier alpha value is -3.52. The lowest BCUT2D eigenvalue weighted by atomic mass is 10.1. The predicted molar refractivity (Wildman–Crippen MR) is 121 cm³/mol. The van der Waals surface area contributed by atoms with E-state index < -0.39 is 15.3 Å². The van der Waals surface area contributed by atoms with Crippen LogP contribution in [0.2, 0.25) is 0 Å². The van der Waals surface area contributed by atoms with Gasteiger partial charge in [0.05, 0.1) is 35.4 Å². The number of hydrogen-bond donors (Lipinski definition) is 0. The summed E-state index contributed by atoms with van der Waals surface area (Å²) in [6.45, 7) is 0. The normalized spacial score (nSPS) is 11.5. The highest BCUT2D eigenvalue weighted by Crippen LogP contribution is 2.40. The fraction of sp³-hybridized carbons (Fsp3) is 0.150. The van der Waals surface area contributed by atoms with Crippen molar-refractivity contribution in [1.82, 2.24) is 4.57 Å². The van der Waals surface area contributed by atoms with Crippen LogP contribution in [0.25, 0.3) is 22.2 Å².